The number of rotatable bonds is 5. The quantitative estimate of drug-likeness (QED) is 0.764. The average molecular weight is 316 g/mol. The molecule has 0 aliphatic carbocycles. The van der Waals surface area contributed by atoms with Crippen LogP contribution in [0.2, 0.25) is 5.02 Å². The summed E-state index contributed by atoms with van der Waals surface area (Å²) >= 11 is 6.33. The Hall–Kier alpha value is -1.46. The van der Waals surface area contributed by atoms with Crippen LogP contribution in [-0.2, 0) is 6.54 Å². The summed E-state index contributed by atoms with van der Waals surface area (Å²) in [7, 11) is 0. The van der Waals surface area contributed by atoms with Crippen LogP contribution in [0, 0.1) is 0 Å². The lowest BCUT2D eigenvalue weighted by molar-refractivity contribution is 0.252. The number of nitrogens with one attached hydrogen (secondary N) is 1. The molecule has 0 aliphatic heterocycles. The van der Waals surface area contributed by atoms with Crippen molar-refractivity contribution in [3.63, 3.8) is 0 Å². The summed E-state index contributed by atoms with van der Waals surface area (Å²) in [4.78, 5) is 0.526. The van der Waals surface area contributed by atoms with E-state index in [1.165, 1.54) is 6.07 Å². The lowest BCUT2D eigenvalue weighted by atomic mass is 10.2. The Kier molecular flexibility index (Phi) is 5.09. The second-order valence-corrected chi connectivity index (χ2v) is 5.51. The molecular weight excluding hydrogens is 304 g/mol. The van der Waals surface area contributed by atoms with Gasteiger partial charge in [0.2, 0.25) is 0 Å². The Morgan fingerprint density at radius 2 is 1.85 bits per heavy atom. The van der Waals surface area contributed by atoms with Crippen molar-refractivity contribution >= 4 is 29.1 Å². The number of halogens is 3. The van der Waals surface area contributed by atoms with Crippen molar-refractivity contribution in [2.24, 2.45) is 0 Å². The highest BCUT2D eigenvalue weighted by molar-refractivity contribution is 7.99. The van der Waals surface area contributed by atoms with E-state index in [9.17, 15) is 13.9 Å². The molecule has 0 spiro atoms. The van der Waals surface area contributed by atoms with Gasteiger partial charge in [0.25, 0.3) is 5.76 Å². The van der Waals surface area contributed by atoms with Crippen LogP contribution in [0.1, 0.15) is 5.56 Å². The normalized spacial score (nSPS) is 10.8. The van der Waals surface area contributed by atoms with Gasteiger partial charge in [0.1, 0.15) is 5.75 Å². The second kappa shape index (κ2) is 6.81. The number of alkyl halides is 2. The van der Waals surface area contributed by atoms with Gasteiger partial charge in [-0.1, -0.05) is 29.4 Å². The number of thioether (sulfide) groups is 1. The molecule has 0 aliphatic rings. The van der Waals surface area contributed by atoms with E-state index in [0.717, 1.165) is 11.3 Å². The third kappa shape index (κ3) is 4.28. The van der Waals surface area contributed by atoms with Crippen LogP contribution in [0.25, 0.3) is 0 Å². The maximum absolute atomic E-state index is 12.2. The molecule has 0 unspecified atom stereocenters. The number of benzene rings is 2. The Morgan fingerprint density at radius 3 is 2.45 bits per heavy atom. The van der Waals surface area contributed by atoms with Gasteiger partial charge in [0.15, 0.2) is 0 Å². The molecule has 2 nitrogen and oxygen atoms in total. The molecule has 2 aromatic carbocycles. The number of hydrogen-bond donors (Lipinski definition) is 2. The summed E-state index contributed by atoms with van der Waals surface area (Å²) in [5.41, 5.74) is 1.74. The SMILES string of the molecule is Oc1ccc(CNc2ccc(SC(F)F)cc2)cc1Cl. The van der Waals surface area contributed by atoms with Crippen LogP contribution < -0.4 is 5.32 Å². The minimum absolute atomic E-state index is 0.0452. The zero-order valence-electron chi connectivity index (χ0n) is 10.3. The molecule has 0 radical (unpaired) electrons. The summed E-state index contributed by atoms with van der Waals surface area (Å²) in [5, 5.41) is 12.8. The van der Waals surface area contributed by atoms with Gasteiger partial charge in [-0.2, -0.15) is 8.78 Å². The summed E-state index contributed by atoms with van der Waals surface area (Å²) < 4.78 is 24.4. The van der Waals surface area contributed by atoms with Gasteiger partial charge in [-0.3, -0.25) is 0 Å². The lowest BCUT2D eigenvalue weighted by Gasteiger charge is -2.08. The maximum Gasteiger partial charge on any atom is 0.288 e. The Bertz CT molecular complexity index is 578. The molecule has 0 bridgehead atoms. The van der Waals surface area contributed by atoms with Crippen LogP contribution in [0.3, 0.4) is 0 Å². The van der Waals surface area contributed by atoms with Gasteiger partial charge in [-0.15, -0.1) is 0 Å². The van der Waals surface area contributed by atoms with Crippen molar-refractivity contribution in [2.75, 3.05) is 5.32 Å². The standard InChI is InChI=1S/C14H12ClF2NOS/c15-12-7-9(1-6-13(12)19)8-18-10-2-4-11(5-3-10)20-14(16)17/h1-7,14,18-19H,8H2. The first-order valence-corrected chi connectivity index (χ1v) is 7.06. The largest absolute Gasteiger partial charge is 0.506 e. The predicted octanol–water partition coefficient (Wildman–Crippen LogP) is 4.97. The van der Waals surface area contributed by atoms with Crippen LogP contribution in [0.15, 0.2) is 47.4 Å². The van der Waals surface area contributed by atoms with Gasteiger partial charge in [0.05, 0.1) is 5.02 Å². The van der Waals surface area contributed by atoms with E-state index < -0.39 is 5.76 Å². The minimum atomic E-state index is -2.41. The fraction of sp³-hybridized carbons (Fsp3) is 0.143. The van der Waals surface area contributed by atoms with Crippen molar-refractivity contribution in [2.45, 2.75) is 17.2 Å². The van der Waals surface area contributed by atoms with Gasteiger partial charge in [-0.05, 0) is 42.0 Å². The fourth-order valence-corrected chi connectivity index (χ4v) is 2.32. The molecule has 106 valence electrons. The first-order valence-electron chi connectivity index (χ1n) is 5.81. The van der Waals surface area contributed by atoms with E-state index in [4.69, 9.17) is 11.6 Å². The summed E-state index contributed by atoms with van der Waals surface area (Å²) in [5.74, 6) is -2.36. The van der Waals surface area contributed by atoms with E-state index >= 15 is 0 Å². The molecular formula is C14H12ClF2NOS. The van der Waals surface area contributed by atoms with Crippen molar-refractivity contribution in [3.8, 4) is 5.75 Å². The highest BCUT2D eigenvalue weighted by Crippen LogP contribution is 2.27. The van der Waals surface area contributed by atoms with Gasteiger partial charge >= 0.3 is 0 Å². The van der Waals surface area contributed by atoms with Crippen molar-refractivity contribution in [1.82, 2.24) is 0 Å². The summed E-state index contributed by atoms with van der Waals surface area (Å²) in [6.07, 6.45) is 0. The Labute approximate surface area is 124 Å². The molecule has 0 aromatic heterocycles. The maximum atomic E-state index is 12.2. The topological polar surface area (TPSA) is 32.3 Å². The Balaban J connectivity index is 1.95. The molecule has 0 fully saturated rings. The first kappa shape index (κ1) is 14.9. The molecule has 0 saturated carbocycles. The lowest BCUT2D eigenvalue weighted by Crippen LogP contribution is -1.99. The number of hydrogen-bond acceptors (Lipinski definition) is 3. The third-order valence-electron chi connectivity index (χ3n) is 2.59. The van der Waals surface area contributed by atoms with Crippen molar-refractivity contribution in [1.29, 1.82) is 0 Å². The minimum Gasteiger partial charge on any atom is -0.506 e. The molecule has 20 heavy (non-hydrogen) atoms. The summed E-state index contributed by atoms with van der Waals surface area (Å²) in [6, 6.07) is 11.7. The average Bonchev–Trinajstić information content (AvgIpc) is 2.41. The van der Waals surface area contributed by atoms with E-state index in [2.05, 4.69) is 5.32 Å². The van der Waals surface area contributed by atoms with Crippen LogP contribution in [0.5, 0.6) is 5.75 Å². The number of phenolic OH excluding ortho intramolecular Hbond substituents is 1. The molecule has 0 heterocycles. The number of phenols is 1. The number of aromatic hydroxyl groups is 1. The van der Waals surface area contributed by atoms with Gasteiger partial charge in [-0.25, -0.2) is 0 Å². The smallest absolute Gasteiger partial charge is 0.288 e. The molecule has 0 atom stereocenters. The predicted molar refractivity (Wildman–Crippen MR) is 78.7 cm³/mol. The van der Waals surface area contributed by atoms with Crippen LogP contribution in [-0.4, -0.2) is 10.9 Å². The van der Waals surface area contributed by atoms with Crippen molar-refractivity contribution < 1.29 is 13.9 Å². The van der Waals surface area contributed by atoms with E-state index in [0.29, 0.717) is 28.2 Å². The monoisotopic (exact) mass is 315 g/mol. The fourth-order valence-electron chi connectivity index (χ4n) is 1.62. The zero-order chi connectivity index (χ0) is 14.5. The number of anilines is 1. The molecule has 2 rings (SSSR count). The molecule has 2 aromatic rings. The molecule has 0 amide bonds. The third-order valence-corrected chi connectivity index (χ3v) is 3.61. The van der Waals surface area contributed by atoms with E-state index in [-0.39, 0.29) is 5.75 Å². The van der Waals surface area contributed by atoms with Crippen LogP contribution >= 0.6 is 23.4 Å². The highest BCUT2D eigenvalue weighted by atomic mass is 35.5. The highest BCUT2D eigenvalue weighted by Gasteiger charge is 2.05. The van der Waals surface area contributed by atoms with Gasteiger partial charge in [0, 0.05) is 17.1 Å². The zero-order valence-corrected chi connectivity index (χ0v) is 11.9. The molecule has 6 heteroatoms. The molecule has 2 N–H and O–H groups in total. The van der Waals surface area contributed by atoms with Crippen molar-refractivity contribution in [3.05, 3.63) is 53.1 Å². The van der Waals surface area contributed by atoms with Crippen LogP contribution in [0.4, 0.5) is 14.5 Å². The Morgan fingerprint density at radius 1 is 1.15 bits per heavy atom. The second-order valence-electron chi connectivity index (χ2n) is 4.04. The van der Waals surface area contributed by atoms with E-state index in [1.54, 1.807) is 36.4 Å². The summed E-state index contributed by atoms with van der Waals surface area (Å²) in [6.45, 7) is 0.529. The molecule has 0 saturated heterocycles. The van der Waals surface area contributed by atoms with E-state index in [1.807, 2.05) is 0 Å². The van der Waals surface area contributed by atoms with Gasteiger partial charge < -0.3 is 10.4 Å². The first-order chi connectivity index (χ1) is 9.54.